The largest absolute Gasteiger partial charge is 0.469 e. The Kier molecular flexibility index (Phi) is 8.36. The molecule has 0 saturated carbocycles. The SMILES string of the molecule is C=C(C)C(=O)OCCCC(CC[N+](C)(C)C)OP(=O)(O)O. The van der Waals surface area contributed by atoms with Crippen LogP contribution in [0.5, 0.6) is 0 Å². The summed E-state index contributed by atoms with van der Waals surface area (Å²) in [4.78, 5) is 29.0. The summed E-state index contributed by atoms with van der Waals surface area (Å²) in [7, 11) is 1.45. The van der Waals surface area contributed by atoms with Crippen molar-refractivity contribution in [2.75, 3.05) is 34.3 Å². The molecule has 0 amide bonds. The summed E-state index contributed by atoms with van der Waals surface area (Å²) in [5.41, 5.74) is 0.322. The molecule has 0 aliphatic heterocycles. The normalized spacial score (nSPS) is 13.8. The van der Waals surface area contributed by atoms with Crippen LogP contribution < -0.4 is 0 Å². The molecule has 124 valence electrons. The van der Waals surface area contributed by atoms with Gasteiger partial charge in [0.05, 0.1) is 40.4 Å². The van der Waals surface area contributed by atoms with E-state index in [4.69, 9.17) is 19.0 Å². The van der Waals surface area contributed by atoms with Gasteiger partial charge in [0.15, 0.2) is 0 Å². The lowest BCUT2D eigenvalue weighted by atomic mass is 10.1. The third-order valence-electron chi connectivity index (χ3n) is 2.66. The van der Waals surface area contributed by atoms with E-state index >= 15 is 0 Å². The number of nitrogens with zero attached hydrogens (tertiary/aromatic N) is 1. The fraction of sp³-hybridized carbons (Fsp3) is 0.769. The zero-order valence-corrected chi connectivity index (χ0v) is 14.1. The van der Waals surface area contributed by atoms with Gasteiger partial charge in [-0.3, -0.25) is 4.52 Å². The Labute approximate surface area is 126 Å². The van der Waals surface area contributed by atoms with E-state index in [1.165, 1.54) is 0 Å². The second-order valence-electron chi connectivity index (χ2n) is 6.08. The minimum Gasteiger partial charge on any atom is -0.462 e. The number of carbonyl (C=O) groups is 1. The highest BCUT2D eigenvalue weighted by atomic mass is 31.2. The van der Waals surface area contributed by atoms with Gasteiger partial charge < -0.3 is 19.0 Å². The topological polar surface area (TPSA) is 93.1 Å². The lowest BCUT2D eigenvalue weighted by molar-refractivity contribution is -0.870. The van der Waals surface area contributed by atoms with Crippen LogP contribution >= 0.6 is 7.82 Å². The van der Waals surface area contributed by atoms with Gasteiger partial charge in [-0.15, -0.1) is 0 Å². The number of rotatable bonds is 10. The van der Waals surface area contributed by atoms with Gasteiger partial charge in [0.1, 0.15) is 0 Å². The quantitative estimate of drug-likeness (QED) is 0.208. The molecule has 0 radical (unpaired) electrons. The number of phosphoric ester groups is 1. The van der Waals surface area contributed by atoms with Gasteiger partial charge in [-0.1, -0.05) is 6.58 Å². The van der Waals surface area contributed by atoms with Crippen molar-refractivity contribution in [3.63, 3.8) is 0 Å². The van der Waals surface area contributed by atoms with Crippen LogP contribution in [0, 0.1) is 0 Å². The summed E-state index contributed by atoms with van der Waals surface area (Å²) in [5, 5.41) is 0. The van der Waals surface area contributed by atoms with E-state index in [1.807, 2.05) is 21.1 Å². The lowest BCUT2D eigenvalue weighted by Crippen LogP contribution is -2.37. The summed E-state index contributed by atoms with van der Waals surface area (Å²) >= 11 is 0. The van der Waals surface area contributed by atoms with Crippen molar-refractivity contribution in [2.45, 2.75) is 32.3 Å². The van der Waals surface area contributed by atoms with E-state index in [9.17, 15) is 9.36 Å². The fourth-order valence-electron chi connectivity index (χ4n) is 1.57. The molecular formula is C13H27NO6P+. The molecule has 0 aromatic heterocycles. The minimum atomic E-state index is -4.52. The molecule has 2 N–H and O–H groups in total. The van der Waals surface area contributed by atoms with Crippen molar-refractivity contribution in [3.8, 4) is 0 Å². The Bertz CT molecular complexity index is 398. The summed E-state index contributed by atoms with van der Waals surface area (Å²) < 4.78 is 21.4. The Morgan fingerprint density at radius 2 is 1.86 bits per heavy atom. The number of carbonyl (C=O) groups excluding carboxylic acids is 1. The molecule has 0 bridgehead atoms. The number of quaternary nitrogens is 1. The summed E-state index contributed by atoms with van der Waals surface area (Å²) in [5.74, 6) is -0.464. The highest BCUT2D eigenvalue weighted by Gasteiger charge is 2.24. The van der Waals surface area contributed by atoms with Crippen molar-refractivity contribution >= 4 is 13.8 Å². The zero-order valence-electron chi connectivity index (χ0n) is 13.2. The van der Waals surface area contributed by atoms with Crippen LogP contribution in [0.3, 0.4) is 0 Å². The standard InChI is InChI=1S/C13H26NO6P/c1-11(2)13(15)19-10-6-7-12(20-21(16,17)18)8-9-14(3,4)5/h12H,1,6-10H2,2-5H3,(H-,16,17,18)/p+1. The molecule has 0 aliphatic carbocycles. The van der Waals surface area contributed by atoms with Gasteiger partial charge >= 0.3 is 13.8 Å². The maximum atomic E-state index is 11.2. The molecule has 0 aromatic rings. The Morgan fingerprint density at radius 1 is 1.29 bits per heavy atom. The van der Waals surface area contributed by atoms with Gasteiger partial charge in [0.2, 0.25) is 0 Å². The molecule has 1 unspecified atom stereocenters. The van der Waals surface area contributed by atoms with E-state index in [0.717, 1.165) is 6.54 Å². The second-order valence-corrected chi connectivity index (χ2v) is 7.27. The summed E-state index contributed by atoms with van der Waals surface area (Å²) in [6.45, 7) is 5.92. The number of ether oxygens (including phenoxy) is 1. The highest BCUT2D eigenvalue weighted by molar-refractivity contribution is 7.46. The molecule has 0 saturated heterocycles. The van der Waals surface area contributed by atoms with Crippen molar-refractivity contribution < 1.29 is 32.9 Å². The molecule has 0 rings (SSSR count). The number of hydrogen-bond donors (Lipinski definition) is 2. The van der Waals surface area contributed by atoms with E-state index in [0.29, 0.717) is 29.3 Å². The predicted octanol–water partition coefficient (Wildman–Crippen LogP) is 1.46. The number of hydrogen-bond acceptors (Lipinski definition) is 4. The smallest absolute Gasteiger partial charge is 0.462 e. The molecule has 0 heterocycles. The van der Waals surface area contributed by atoms with E-state index < -0.39 is 19.9 Å². The predicted molar refractivity (Wildman–Crippen MR) is 79.4 cm³/mol. The van der Waals surface area contributed by atoms with E-state index in [2.05, 4.69) is 6.58 Å². The maximum absolute atomic E-state index is 11.2. The number of phosphoric acid groups is 1. The van der Waals surface area contributed by atoms with Crippen molar-refractivity contribution in [3.05, 3.63) is 12.2 Å². The van der Waals surface area contributed by atoms with Gasteiger partial charge in [-0.25, -0.2) is 9.36 Å². The molecular weight excluding hydrogens is 297 g/mol. The van der Waals surface area contributed by atoms with Gasteiger partial charge in [0.25, 0.3) is 0 Å². The van der Waals surface area contributed by atoms with Crippen LogP contribution in [0.15, 0.2) is 12.2 Å². The third kappa shape index (κ3) is 12.7. The molecule has 1 atom stereocenters. The summed E-state index contributed by atoms with van der Waals surface area (Å²) in [6, 6.07) is 0. The third-order valence-corrected chi connectivity index (χ3v) is 3.23. The van der Waals surface area contributed by atoms with E-state index in [1.54, 1.807) is 6.92 Å². The lowest BCUT2D eigenvalue weighted by Gasteiger charge is -2.26. The average Bonchev–Trinajstić information content (AvgIpc) is 2.28. The van der Waals surface area contributed by atoms with Crippen LogP contribution in [-0.2, 0) is 18.6 Å². The zero-order chi connectivity index (χ0) is 16.7. The van der Waals surface area contributed by atoms with E-state index in [-0.39, 0.29) is 6.61 Å². The Morgan fingerprint density at radius 3 is 2.29 bits per heavy atom. The summed E-state index contributed by atoms with van der Waals surface area (Å²) in [6.07, 6.45) is 0.838. The minimum absolute atomic E-state index is 0.178. The second kappa shape index (κ2) is 8.66. The van der Waals surface area contributed by atoms with Crippen LogP contribution in [0.4, 0.5) is 0 Å². The van der Waals surface area contributed by atoms with Gasteiger partial charge in [0, 0.05) is 12.0 Å². The van der Waals surface area contributed by atoms with Crippen LogP contribution in [0.1, 0.15) is 26.2 Å². The highest BCUT2D eigenvalue weighted by Crippen LogP contribution is 2.39. The van der Waals surface area contributed by atoms with Gasteiger partial charge in [-0.05, 0) is 19.8 Å². The molecule has 0 spiro atoms. The molecule has 0 aliphatic rings. The van der Waals surface area contributed by atoms with Gasteiger partial charge in [-0.2, -0.15) is 0 Å². The maximum Gasteiger partial charge on any atom is 0.469 e. The molecule has 7 nitrogen and oxygen atoms in total. The molecule has 0 aromatic carbocycles. The van der Waals surface area contributed by atoms with Crippen molar-refractivity contribution in [1.29, 1.82) is 0 Å². The first-order valence-electron chi connectivity index (χ1n) is 6.78. The van der Waals surface area contributed by atoms with Crippen molar-refractivity contribution in [1.82, 2.24) is 0 Å². The van der Waals surface area contributed by atoms with Crippen LogP contribution in [-0.4, -0.2) is 60.6 Å². The monoisotopic (exact) mass is 324 g/mol. The van der Waals surface area contributed by atoms with Crippen LogP contribution in [0.25, 0.3) is 0 Å². The van der Waals surface area contributed by atoms with Crippen LogP contribution in [0.2, 0.25) is 0 Å². The first-order chi connectivity index (χ1) is 9.41. The molecule has 0 fully saturated rings. The average molecular weight is 324 g/mol. The molecule has 21 heavy (non-hydrogen) atoms. The van der Waals surface area contributed by atoms with Crippen molar-refractivity contribution in [2.24, 2.45) is 0 Å². The fourth-order valence-corrected chi connectivity index (χ4v) is 2.17. The first kappa shape index (κ1) is 20.3. The number of esters is 1. The molecule has 8 heteroatoms. The Hall–Kier alpha value is -0.720. The Balaban J connectivity index is 4.25. The first-order valence-corrected chi connectivity index (χ1v) is 8.31.